The maximum absolute atomic E-state index is 6.18. The van der Waals surface area contributed by atoms with E-state index in [-0.39, 0.29) is 0 Å². The summed E-state index contributed by atoms with van der Waals surface area (Å²) in [7, 11) is 3.32. The smallest absolute Gasteiger partial charge is 0.132 e. The number of pyridine rings is 2. The van der Waals surface area contributed by atoms with E-state index < -0.39 is 0 Å². The third-order valence-corrected chi connectivity index (χ3v) is 7.07. The van der Waals surface area contributed by atoms with Gasteiger partial charge in [-0.3, -0.25) is 0 Å². The first kappa shape index (κ1) is 28.7. The zero-order valence-corrected chi connectivity index (χ0v) is 24.3. The molecule has 0 amide bonds. The summed E-state index contributed by atoms with van der Waals surface area (Å²) in [5, 5.41) is 1.97. The summed E-state index contributed by atoms with van der Waals surface area (Å²) in [6.45, 7) is 8.75. The SMILES string of the molecule is C=CCCCOc1cccc(OC)c1-c1ccc2ccc3ccc(-c4c(OC)cccc4OCCCC=C)nc3c2n1. The summed E-state index contributed by atoms with van der Waals surface area (Å²) >= 11 is 0. The molecule has 214 valence electrons. The van der Waals surface area contributed by atoms with Gasteiger partial charge >= 0.3 is 0 Å². The molecular weight excluding hydrogens is 524 g/mol. The second-order valence-electron chi connectivity index (χ2n) is 9.83. The largest absolute Gasteiger partial charge is 0.496 e. The van der Waals surface area contributed by atoms with Gasteiger partial charge in [0, 0.05) is 10.8 Å². The Kier molecular flexibility index (Phi) is 9.34. The molecule has 0 saturated carbocycles. The number of hydrogen-bond donors (Lipinski definition) is 0. The highest BCUT2D eigenvalue weighted by Gasteiger charge is 2.18. The maximum atomic E-state index is 6.18. The molecule has 0 saturated heterocycles. The van der Waals surface area contributed by atoms with E-state index in [4.69, 9.17) is 28.9 Å². The van der Waals surface area contributed by atoms with Gasteiger partial charge in [0.1, 0.15) is 23.0 Å². The van der Waals surface area contributed by atoms with Crippen LogP contribution in [0.3, 0.4) is 0 Å². The summed E-state index contributed by atoms with van der Waals surface area (Å²) in [4.78, 5) is 10.3. The van der Waals surface area contributed by atoms with Crippen molar-refractivity contribution in [2.45, 2.75) is 25.7 Å². The Labute approximate surface area is 247 Å². The van der Waals surface area contributed by atoms with E-state index in [1.807, 2.05) is 60.7 Å². The number of hydrogen-bond acceptors (Lipinski definition) is 6. The van der Waals surface area contributed by atoms with E-state index >= 15 is 0 Å². The third kappa shape index (κ3) is 6.08. The molecule has 5 aromatic rings. The Hall–Kier alpha value is -4.84. The molecule has 6 nitrogen and oxygen atoms in total. The fourth-order valence-electron chi connectivity index (χ4n) is 4.97. The fourth-order valence-corrected chi connectivity index (χ4v) is 4.97. The molecule has 0 spiro atoms. The highest BCUT2D eigenvalue weighted by molar-refractivity contribution is 6.04. The fraction of sp³-hybridized carbons (Fsp3) is 0.222. The molecule has 0 aliphatic carbocycles. The van der Waals surface area contributed by atoms with Gasteiger partial charge < -0.3 is 18.9 Å². The highest BCUT2D eigenvalue weighted by Crippen LogP contribution is 2.41. The highest BCUT2D eigenvalue weighted by atomic mass is 16.5. The number of ether oxygens (including phenoxy) is 4. The minimum atomic E-state index is 0.574. The normalized spacial score (nSPS) is 10.9. The lowest BCUT2D eigenvalue weighted by Gasteiger charge is -2.16. The lowest BCUT2D eigenvalue weighted by molar-refractivity contribution is 0.311. The van der Waals surface area contributed by atoms with Crippen LogP contribution < -0.4 is 18.9 Å². The number of fused-ring (bicyclic) bond motifs is 3. The summed E-state index contributed by atoms with van der Waals surface area (Å²) in [6, 6.07) is 23.9. The standard InChI is InChI=1S/C36H36N2O4/c1-5-7-9-23-41-31-15-11-13-29(39-3)33(31)27-21-19-25-17-18-26-20-22-28(38-36(26)35(25)37-27)34-30(40-4)14-12-16-32(34)42-24-10-8-6-2/h5-6,11-22H,1-2,7-10,23-24H2,3-4H3. The molecule has 42 heavy (non-hydrogen) atoms. The quantitative estimate of drug-likeness (QED) is 0.0768. The number of allylic oxidation sites excluding steroid dienone is 2. The van der Waals surface area contributed by atoms with Gasteiger partial charge in [0.05, 0.1) is 61.0 Å². The number of methoxy groups -OCH3 is 2. The van der Waals surface area contributed by atoms with Gasteiger partial charge in [0.2, 0.25) is 0 Å². The number of rotatable bonds is 14. The number of benzene rings is 3. The van der Waals surface area contributed by atoms with Crippen LogP contribution in [0.4, 0.5) is 0 Å². The van der Waals surface area contributed by atoms with Crippen molar-refractivity contribution in [3.8, 4) is 45.5 Å². The summed E-state index contributed by atoms with van der Waals surface area (Å²) in [5.74, 6) is 2.85. The molecule has 2 heterocycles. The van der Waals surface area contributed by atoms with E-state index in [9.17, 15) is 0 Å². The van der Waals surface area contributed by atoms with Gasteiger partial charge in [-0.05, 0) is 62.1 Å². The zero-order chi connectivity index (χ0) is 29.3. The Bertz CT molecular complexity index is 1590. The van der Waals surface area contributed by atoms with E-state index in [2.05, 4.69) is 37.4 Å². The molecule has 0 fully saturated rings. The molecule has 0 unspecified atom stereocenters. The van der Waals surface area contributed by atoms with Crippen molar-refractivity contribution in [3.05, 3.63) is 98.1 Å². The van der Waals surface area contributed by atoms with Gasteiger partial charge in [-0.1, -0.05) is 48.6 Å². The van der Waals surface area contributed by atoms with Crippen LogP contribution in [0.1, 0.15) is 25.7 Å². The van der Waals surface area contributed by atoms with Crippen LogP contribution in [0, 0.1) is 0 Å². The first-order valence-corrected chi connectivity index (χ1v) is 14.2. The predicted octanol–water partition coefficient (Wildman–Crippen LogP) is 8.82. The summed E-state index contributed by atoms with van der Waals surface area (Å²) in [6.07, 6.45) is 7.34. The minimum absolute atomic E-state index is 0.574. The molecule has 6 heteroatoms. The van der Waals surface area contributed by atoms with Crippen LogP contribution in [0.2, 0.25) is 0 Å². The molecule has 0 atom stereocenters. The van der Waals surface area contributed by atoms with Gasteiger partial charge in [0.15, 0.2) is 0 Å². The van der Waals surface area contributed by atoms with Crippen LogP contribution in [0.5, 0.6) is 23.0 Å². The number of nitrogens with zero attached hydrogens (tertiary/aromatic N) is 2. The van der Waals surface area contributed by atoms with E-state index in [0.29, 0.717) is 24.7 Å². The lowest BCUT2D eigenvalue weighted by atomic mass is 10.0. The van der Waals surface area contributed by atoms with Crippen LogP contribution >= 0.6 is 0 Å². The van der Waals surface area contributed by atoms with Crippen molar-refractivity contribution in [1.82, 2.24) is 9.97 Å². The summed E-state index contributed by atoms with van der Waals surface area (Å²) < 4.78 is 23.9. The molecule has 0 bridgehead atoms. The van der Waals surface area contributed by atoms with Gasteiger partial charge in [-0.15, -0.1) is 13.2 Å². The molecule has 2 aromatic heterocycles. The molecular formula is C36H36N2O4. The Morgan fingerprint density at radius 2 is 0.976 bits per heavy atom. The van der Waals surface area contributed by atoms with Gasteiger partial charge in [-0.2, -0.15) is 0 Å². The topological polar surface area (TPSA) is 62.7 Å². The summed E-state index contributed by atoms with van der Waals surface area (Å²) in [5.41, 5.74) is 4.71. The van der Waals surface area contributed by atoms with Crippen molar-refractivity contribution in [1.29, 1.82) is 0 Å². The van der Waals surface area contributed by atoms with E-state index in [1.54, 1.807) is 14.2 Å². The monoisotopic (exact) mass is 560 g/mol. The first-order valence-electron chi connectivity index (χ1n) is 14.2. The predicted molar refractivity (Wildman–Crippen MR) is 171 cm³/mol. The Morgan fingerprint density at radius 3 is 1.38 bits per heavy atom. The molecule has 0 aliphatic rings. The van der Waals surface area contributed by atoms with Crippen LogP contribution in [-0.4, -0.2) is 37.4 Å². The van der Waals surface area contributed by atoms with Crippen molar-refractivity contribution in [3.63, 3.8) is 0 Å². The van der Waals surface area contributed by atoms with Crippen molar-refractivity contribution >= 4 is 21.8 Å². The molecule has 0 N–H and O–H groups in total. The molecule has 5 rings (SSSR count). The lowest BCUT2D eigenvalue weighted by Crippen LogP contribution is -2.01. The second-order valence-corrected chi connectivity index (χ2v) is 9.83. The molecule has 3 aromatic carbocycles. The average Bonchev–Trinajstić information content (AvgIpc) is 3.04. The van der Waals surface area contributed by atoms with E-state index in [1.165, 1.54) is 0 Å². The molecule has 0 aliphatic heterocycles. The number of unbranched alkanes of at least 4 members (excludes halogenated alkanes) is 2. The maximum Gasteiger partial charge on any atom is 0.132 e. The van der Waals surface area contributed by atoms with Crippen molar-refractivity contribution in [2.75, 3.05) is 27.4 Å². The number of aromatic nitrogens is 2. The van der Waals surface area contributed by atoms with Gasteiger partial charge in [0.25, 0.3) is 0 Å². The Morgan fingerprint density at radius 1 is 0.571 bits per heavy atom. The van der Waals surface area contributed by atoms with E-state index in [0.717, 1.165) is 81.5 Å². The molecule has 0 radical (unpaired) electrons. The Balaban J connectivity index is 1.63. The van der Waals surface area contributed by atoms with Crippen LogP contribution in [-0.2, 0) is 0 Å². The van der Waals surface area contributed by atoms with Gasteiger partial charge in [-0.25, -0.2) is 9.97 Å². The minimum Gasteiger partial charge on any atom is -0.496 e. The first-order chi connectivity index (χ1) is 20.7. The average molecular weight is 561 g/mol. The zero-order valence-electron chi connectivity index (χ0n) is 24.3. The third-order valence-electron chi connectivity index (χ3n) is 7.07. The van der Waals surface area contributed by atoms with Crippen molar-refractivity contribution in [2.24, 2.45) is 0 Å². The second kappa shape index (κ2) is 13.7. The van der Waals surface area contributed by atoms with Crippen LogP contribution in [0.15, 0.2) is 98.1 Å². The van der Waals surface area contributed by atoms with Crippen molar-refractivity contribution < 1.29 is 18.9 Å². The van der Waals surface area contributed by atoms with Crippen LogP contribution in [0.25, 0.3) is 44.3 Å².